The predicted molar refractivity (Wildman–Crippen MR) is 121 cm³/mol. The van der Waals surface area contributed by atoms with E-state index in [9.17, 15) is 9.59 Å². The molecule has 1 heterocycles. The lowest BCUT2D eigenvalue weighted by molar-refractivity contribution is -0.166. The number of esters is 1. The maximum Gasteiger partial charge on any atom is 0.356 e. The van der Waals surface area contributed by atoms with Crippen LogP contribution in [0, 0.1) is 5.41 Å². The molecule has 164 valence electrons. The van der Waals surface area contributed by atoms with Crippen LogP contribution in [0.3, 0.4) is 0 Å². The van der Waals surface area contributed by atoms with Crippen LogP contribution in [0.25, 0.3) is 6.08 Å². The fraction of sp³-hybridized carbons (Fsp3) is 0.385. The van der Waals surface area contributed by atoms with E-state index in [1.807, 2.05) is 26.0 Å². The Morgan fingerprint density at radius 3 is 2.32 bits per heavy atom. The van der Waals surface area contributed by atoms with Crippen molar-refractivity contribution >= 4 is 18.0 Å². The molecule has 31 heavy (non-hydrogen) atoms. The molecule has 3 rings (SSSR count). The van der Waals surface area contributed by atoms with Gasteiger partial charge >= 0.3 is 11.9 Å². The van der Waals surface area contributed by atoms with Gasteiger partial charge in [-0.2, -0.15) is 0 Å². The Morgan fingerprint density at radius 1 is 1.10 bits per heavy atom. The molecule has 0 saturated carbocycles. The van der Waals surface area contributed by atoms with Gasteiger partial charge in [-0.15, -0.1) is 0 Å². The molecule has 5 nitrogen and oxygen atoms in total. The van der Waals surface area contributed by atoms with Crippen molar-refractivity contribution < 1.29 is 24.2 Å². The third-order valence-electron chi connectivity index (χ3n) is 6.68. The molecule has 2 unspecified atom stereocenters. The molecule has 5 heteroatoms. The molecule has 0 fully saturated rings. The summed E-state index contributed by atoms with van der Waals surface area (Å²) in [6.07, 6.45) is 2.54. The van der Waals surface area contributed by atoms with Gasteiger partial charge in [-0.1, -0.05) is 65.0 Å². The minimum atomic E-state index is -1.19. The van der Waals surface area contributed by atoms with Crippen LogP contribution in [-0.4, -0.2) is 22.6 Å². The summed E-state index contributed by atoms with van der Waals surface area (Å²) in [5.74, 6) is 0.0235. The minimum Gasteiger partial charge on any atom is -0.478 e. The Balaban J connectivity index is 1.92. The van der Waals surface area contributed by atoms with Gasteiger partial charge in [0.15, 0.2) is 0 Å². The summed E-state index contributed by atoms with van der Waals surface area (Å²) in [6, 6.07) is 12.9. The third-order valence-corrected chi connectivity index (χ3v) is 6.68. The van der Waals surface area contributed by atoms with E-state index < -0.39 is 23.0 Å². The molecule has 1 aliphatic heterocycles. The Morgan fingerprint density at radius 2 is 1.74 bits per heavy atom. The van der Waals surface area contributed by atoms with Crippen molar-refractivity contribution in [2.45, 2.75) is 59.0 Å². The van der Waals surface area contributed by atoms with E-state index >= 15 is 0 Å². The Hall–Kier alpha value is -3.08. The highest BCUT2D eigenvalue weighted by molar-refractivity contribution is 5.86. The maximum atomic E-state index is 13.4. The van der Waals surface area contributed by atoms with Crippen molar-refractivity contribution in [2.24, 2.45) is 5.41 Å². The average molecular weight is 423 g/mol. The highest BCUT2D eigenvalue weighted by Gasteiger charge is 2.57. The summed E-state index contributed by atoms with van der Waals surface area (Å²) in [4.78, 5) is 24.1. The molecule has 1 aliphatic rings. The Labute approximate surface area is 183 Å². The minimum absolute atomic E-state index is 0.0797. The number of fused-ring (bicyclic) bond motifs is 1. The first-order chi connectivity index (χ1) is 14.5. The zero-order valence-electron chi connectivity index (χ0n) is 18.9. The monoisotopic (exact) mass is 422 g/mol. The van der Waals surface area contributed by atoms with Crippen LogP contribution in [-0.2, 0) is 9.59 Å². The topological polar surface area (TPSA) is 72.8 Å². The second kappa shape index (κ2) is 8.22. The van der Waals surface area contributed by atoms with Crippen molar-refractivity contribution in [1.82, 2.24) is 0 Å². The third kappa shape index (κ3) is 4.09. The fourth-order valence-electron chi connectivity index (χ4n) is 3.95. The van der Waals surface area contributed by atoms with Crippen molar-refractivity contribution in [3.8, 4) is 11.5 Å². The van der Waals surface area contributed by atoms with Crippen LogP contribution in [0.15, 0.2) is 48.5 Å². The molecule has 2 aromatic rings. The molecule has 0 saturated heterocycles. The van der Waals surface area contributed by atoms with Gasteiger partial charge in [0.05, 0.1) is 0 Å². The maximum absolute atomic E-state index is 13.4. The highest BCUT2D eigenvalue weighted by Crippen LogP contribution is 2.54. The van der Waals surface area contributed by atoms with E-state index in [0.29, 0.717) is 11.3 Å². The Bertz CT molecular complexity index is 1020. The molecule has 2 atom stereocenters. The normalized spacial score (nSPS) is 22.1. The molecule has 2 aromatic carbocycles. The van der Waals surface area contributed by atoms with Gasteiger partial charge in [-0.05, 0) is 53.7 Å². The van der Waals surface area contributed by atoms with Crippen LogP contribution in [0.5, 0.6) is 11.5 Å². The number of carbonyl (C=O) groups excluding carboxylic acids is 1. The molecule has 0 aromatic heterocycles. The first-order valence-corrected chi connectivity index (χ1v) is 10.5. The molecule has 0 spiro atoms. The Kier molecular flexibility index (Phi) is 5.99. The van der Waals surface area contributed by atoms with Crippen LogP contribution in [0.2, 0.25) is 0 Å². The number of hydrogen-bond donors (Lipinski definition) is 1. The number of benzene rings is 2. The van der Waals surface area contributed by atoms with Crippen LogP contribution >= 0.6 is 0 Å². The van der Waals surface area contributed by atoms with E-state index in [1.165, 1.54) is 6.08 Å². The molecule has 1 N–H and O–H groups in total. The number of rotatable bonds is 5. The zero-order valence-corrected chi connectivity index (χ0v) is 18.9. The molecule has 0 bridgehead atoms. The lowest BCUT2D eigenvalue weighted by atomic mass is 9.63. The quantitative estimate of drug-likeness (QED) is 0.375. The zero-order chi connectivity index (χ0) is 23.0. The van der Waals surface area contributed by atoms with Gasteiger partial charge < -0.3 is 14.6 Å². The van der Waals surface area contributed by atoms with E-state index in [2.05, 4.69) is 26.8 Å². The molecule has 0 amide bonds. The number of aliphatic carboxylic acids is 1. The first-order valence-electron chi connectivity index (χ1n) is 10.5. The lowest BCUT2D eigenvalue weighted by Gasteiger charge is -2.50. The van der Waals surface area contributed by atoms with E-state index in [4.69, 9.17) is 14.6 Å². The number of para-hydroxylation sites is 1. The van der Waals surface area contributed by atoms with Gasteiger partial charge in [0.25, 0.3) is 0 Å². The number of ether oxygens (including phenoxy) is 2. The molecule has 0 aliphatic carbocycles. The summed E-state index contributed by atoms with van der Waals surface area (Å²) < 4.78 is 12.2. The SMILES string of the molecule is CC(C)c1cccc2c1OC(C)(C(=O)Oc1ccc(C=CC(=O)O)cc1)C(C)(C)C2C. The lowest BCUT2D eigenvalue weighted by Crippen LogP contribution is -2.59. The van der Waals surface area contributed by atoms with Crippen molar-refractivity contribution in [3.05, 3.63) is 65.2 Å². The summed E-state index contributed by atoms with van der Waals surface area (Å²) in [5, 5.41) is 8.74. The summed E-state index contributed by atoms with van der Waals surface area (Å²) >= 11 is 0. The van der Waals surface area contributed by atoms with Crippen molar-refractivity contribution in [1.29, 1.82) is 0 Å². The number of carboxylic acid groups (broad SMARTS) is 1. The van der Waals surface area contributed by atoms with Crippen LogP contribution in [0.1, 0.15) is 70.1 Å². The highest BCUT2D eigenvalue weighted by atomic mass is 16.6. The summed E-state index contributed by atoms with van der Waals surface area (Å²) in [7, 11) is 0. The van der Waals surface area contributed by atoms with E-state index in [-0.39, 0.29) is 11.8 Å². The van der Waals surface area contributed by atoms with Gasteiger partial charge in [-0.3, -0.25) is 0 Å². The smallest absolute Gasteiger partial charge is 0.356 e. The average Bonchev–Trinajstić information content (AvgIpc) is 2.71. The first kappa shape index (κ1) is 22.6. The van der Waals surface area contributed by atoms with Gasteiger partial charge in [0.2, 0.25) is 5.60 Å². The van der Waals surface area contributed by atoms with Gasteiger partial charge in [-0.25, -0.2) is 9.59 Å². The van der Waals surface area contributed by atoms with Gasteiger partial charge in [0, 0.05) is 11.5 Å². The second-order valence-corrected chi connectivity index (χ2v) is 9.13. The van der Waals surface area contributed by atoms with E-state index in [1.54, 1.807) is 31.2 Å². The number of carboxylic acids is 1. The molecule has 0 radical (unpaired) electrons. The largest absolute Gasteiger partial charge is 0.478 e. The van der Waals surface area contributed by atoms with E-state index in [0.717, 1.165) is 23.0 Å². The molecular formula is C26H30O5. The summed E-state index contributed by atoms with van der Waals surface area (Å²) in [6.45, 7) is 12.2. The standard InChI is InChI=1S/C26H30O5/c1-16(2)20-8-7-9-21-17(3)25(4,5)26(6,31-23(20)21)24(29)30-19-13-10-18(11-14-19)12-15-22(27)28/h7-17H,1-6H3,(H,27,28). The van der Waals surface area contributed by atoms with Crippen LogP contribution in [0.4, 0.5) is 0 Å². The van der Waals surface area contributed by atoms with Crippen molar-refractivity contribution in [2.75, 3.05) is 0 Å². The number of hydrogen-bond acceptors (Lipinski definition) is 4. The fourth-order valence-corrected chi connectivity index (χ4v) is 3.95. The molecular weight excluding hydrogens is 392 g/mol. The van der Waals surface area contributed by atoms with Crippen molar-refractivity contribution in [3.63, 3.8) is 0 Å². The second-order valence-electron chi connectivity index (χ2n) is 9.13. The predicted octanol–water partition coefficient (Wildman–Crippen LogP) is 5.79. The summed E-state index contributed by atoms with van der Waals surface area (Å²) in [5.41, 5.74) is 1.18. The number of carbonyl (C=O) groups is 2. The van der Waals surface area contributed by atoms with Gasteiger partial charge in [0.1, 0.15) is 11.5 Å². The van der Waals surface area contributed by atoms with Crippen LogP contribution < -0.4 is 9.47 Å².